The van der Waals surface area contributed by atoms with E-state index >= 15 is 0 Å². The Morgan fingerprint density at radius 1 is 1.04 bits per heavy atom. The topological polar surface area (TPSA) is 93.9 Å². The fourth-order valence-electron chi connectivity index (χ4n) is 6.39. The van der Waals surface area contributed by atoms with Gasteiger partial charge in [-0.2, -0.15) is 5.10 Å². The van der Waals surface area contributed by atoms with E-state index < -0.39 is 6.23 Å². The maximum atomic E-state index is 13.7. The van der Waals surface area contributed by atoms with E-state index in [-0.39, 0.29) is 18.6 Å². The number of unbranched alkanes of at least 4 members (excludes halogenated alkanes) is 2. The summed E-state index contributed by atoms with van der Waals surface area (Å²) in [4.78, 5) is 21.2. The van der Waals surface area contributed by atoms with Gasteiger partial charge >= 0.3 is 0 Å². The quantitative estimate of drug-likeness (QED) is 0.124. The standard InChI is InChI=1S/C38H48BrN5O3Si/c1-5-8-18-42(19-9-6-2)38(47)34-20-26(4)44(40-34)35-16-15-31(41-48-36-17-14-30(39)21-27(36)7-3)23-33(35)37(46)43-24-29-13-11-10-12-28(29)22-32(43)25-45/h10-17,20-21,23,32,37,41,45-46H,5-9,18-19,22,24-25H2,1-4H3/t32-,37?/m0/s1. The highest BCUT2D eigenvalue weighted by Gasteiger charge is 2.33. The minimum Gasteiger partial charge on any atom is -0.408 e. The van der Waals surface area contributed by atoms with Crippen LogP contribution in [-0.4, -0.2) is 71.1 Å². The fourth-order valence-corrected chi connectivity index (χ4v) is 7.81. The van der Waals surface area contributed by atoms with E-state index in [1.807, 2.05) is 53.1 Å². The zero-order chi connectivity index (χ0) is 34.2. The third-order valence-electron chi connectivity index (χ3n) is 9.20. The van der Waals surface area contributed by atoms with Gasteiger partial charge < -0.3 is 20.1 Å². The number of aryl methyl sites for hydroxylation is 2. The van der Waals surface area contributed by atoms with E-state index in [0.717, 1.165) is 53.5 Å². The number of benzene rings is 3. The number of anilines is 1. The molecule has 3 N–H and O–H groups in total. The molecule has 5 rings (SSSR count). The van der Waals surface area contributed by atoms with Crippen LogP contribution in [0.5, 0.6) is 0 Å². The molecule has 0 bridgehead atoms. The van der Waals surface area contributed by atoms with E-state index in [1.165, 1.54) is 16.3 Å². The molecule has 1 amide bonds. The minimum absolute atomic E-state index is 0.0606. The molecule has 1 unspecified atom stereocenters. The smallest absolute Gasteiger partial charge is 0.274 e. The zero-order valence-corrected chi connectivity index (χ0v) is 31.1. The lowest BCUT2D eigenvalue weighted by molar-refractivity contribution is -0.0529. The number of aliphatic hydroxyl groups is 2. The normalized spacial score (nSPS) is 15.3. The predicted molar refractivity (Wildman–Crippen MR) is 198 cm³/mol. The summed E-state index contributed by atoms with van der Waals surface area (Å²) in [6.45, 7) is 10.2. The van der Waals surface area contributed by atoms with Crippen molar-refractivity contribution in [2.24, 2.45) is 0 Å². The van der Waals surface area contributed by atoms with E-state index in [2.05, 4.69) is 72.0 Å². The highest BCUT2D eigenvalue weighted by Crippen LogP contribution is 2.34. The summed E-state index contributed by atoms with van der Waals surface area (Å²) in [6.07, 6.45) is 4.48. The molecule has 1 aromatic heterocycles. The van der Waals surface area contributed by atoms with E-state index in [1.54, 1.807) is 4.68 Å². The van der Waals surface area contributed by atoms with Crippen molar-refractivity contribution in [3.8, 4) is 5.69 Å². The van der Waals surface area contributed by atoms with Gasteiger partial charge in [0, 0.05) is 47.1 Å². The summed E-state index contributed by atoms with van der Waals surface area (Å²) in [5.74, 6) is -0.0606. The Hall–Kier alpha value is -3.28. The van der Waals surface area contributed by atoms with E-state index in [4.69, 9.17) is 5.10 Å². The SMILES string of the molecule is CCCCN(CCCC)C(=O)c1cc(C)n(-c2ccc(N[Si]c3ccc(Br)cc3CC)cc2C(O)N2Cc3ccccc3C[C@H]2CO)n1. The minimum atomic E-state index is -1.03. The maximum Gasteiger partial charge on any atom is 0.274 e. The molecule has 2 heterocycles. The molecule has 0 aliphatic carbocycles. The number of nitrogens with one attached hydrogen (secondary N) is 1. The summed E-state index contributed by atoms with van der Waals surface area (Å²) in [5.41, 5.74) is 7.07. The Kier molecular flexibility index (Phi) is 12.7. The summed E-state index contributed by atoms with van der Waals surface area (Å²) in [6, 6.07) is 22.2. The zero-order valence-electron chi connectivity index (χ0n) is 28.5. The number of nitrogens with zero attached hydrogens (tertiary/aromatic N) is 4. The first-order valence-corrected chi connectivity index (χ1v) is 19.0. The molecule has 1 aliphatic rings. The molecular weight excluding hydrogens is 682 g/mol. The lowest BCUT2D eigenvalue weighted by Crippen LogP contribution is -2.45. The van der Waals surface area contributed by atoms with Crippen molar-refractivity contribution in [2.75, 3.05) is 24.7 Å². The van der Waals surface area contributed by atoms with Crippen LogP contribution in [0, 0.1) is 6.92 Å². The molecule has 0 spiro atoms. The largest absolute Gasteiger partial charge is 0.408 e. The monoisotopic (exact) mass is 729 g/mol. The summed E-state index contributed by atoms with van der Waals surface area (Å²) in [5, 5.41) is 28.7. The van der Waals surface area contributed by atoms with Gasteiger partial charge in [0.1, 0.15) is 6.23 Å². The van der Waals surface area contributed by atoms with Crippen LogP contribution in [0.15, 0.2) is 71.2 Å². The van der Waals surface area contributed by atoms with Crippen molar-refractivity contribution >= 4 is 42.4 Å². The van der Waals surface area contributed by atoms with Crippen LogP contribution in [0.4, 0.5) is 5.69 Å². The number of aromatic nitrogens is 2. The van der Waals surface area contributed by atoms with Crippen molar-refractivity contribution in [1.82, 2.24) is 19.6 Å². The molecule has 0 saturated carbocycles. The summed E-state index contributed by atoms with van der Waals surface area (Å²) >= 11 is 3.59. The Labute approximate surface area is 296 Å². The molecule has 2 radical (unpaired) electrons. The second-order valence-electron chi connectivity index (χ2n) is 12.6. The molecule has 1 aliphatic heterocycles. The lowest BCUT2D eigenvalue weighted by Gasteiger charge is -2.39. The Bertz CT molecular complexity index is 1690. The van der Waals surface area contributed by atoms with Crippen LogP contribution in [0.25, 0.3) is 5.69 Å². The number of halogens is 1. The van der Waals surface area contributed by atoms with Crippen molar-refractivity contribution in [3.05, 3.63) is 105 Å². The second kappa shape index (κ2) is 16.9. The van der Waals surface area contributed by atoms with Crippen molar-refractivity contribution < 1.29 is 15.0 Å². The molecule has 0 fully saturated rings. The van der Waals surface area contributed by atoms with Crippen LogP contribution >= 0.6 is 15.9 Å². The number of fused-ring (bicyclic) bond motifs is 1. The Balaban J connectivity index is 1.52. The fraction of sp³-hybridized carbons (Fsp3) is 0.421. The van der Waals surface area contributed by atoms with Crippen LogP contribution in [-0.2, 0) is 19.4 Å². The van der Waals surface area contributed by atoms with E-state index in [0.29, 0.717) is 52.7 Å². The molecule has 254 valence electrons. The molecule has 48 heavy (non-hydrogen) atoms. The van der Waals surface area contributed by atoms with Crippen molar-refractivity contribution in [1.29, 1.82) is 0 Å². The van der Waals surface area contributed by atoms with Gasteiger partial charge in [-0.15, -0.1) is 0 Å². The number of carbonyl (C=O) groups is 1. The van der Waals surface area contributed by atoms with Gasteiger partial charge in [-0.1, -0.05) is 79.9 Å². The molecule has 2 atom stereocenters. The average molecular weight is 731 g/mol. The molecule has 0 saturated heterocycles. The van der Waals surface area contributed by atoms with Crippen LogP contribution in [0.1, 0.15) is 91.1 Å². The number of hydrogen-bond donors (Lipinski definition) is 3. The van der Waals surface area contributed by atoms with Crippen molar-refractivity contribution in [3.63, 3.8) is 0 Å². The second-order valence-corrected chi connectivity index (χ2v) is 14.6. The third kappa shape index (κ3) is 8.29. The maximum absolute atomic E-state index is 13.7. The lowest BCUT2D eigenvalue weighted by atomic mass is 9.93. The molecule has 10 heteroatoms. The van der Waals surface area contributed by atoms with Crippen molar-refractivity contribution in [2.45, 2.75) is 85.0 Å². The van der Waals surface area contributed by atoms with Gasteiger partial charge in [-0.05, 0) is 90.9 Å². The van der Waals surface area contributed by atoms with Gasteiger partial charge in [0.25, 0.3) is 5.91 Å². The highest BCUT2D eigenvalue weighted by molar-refractivity contribution is 9.10. The third-order valence-corrected chi connectivity index (χ3v) is 10.9. The number of carbonyl (C=O) groups excluding carboxylic acids is 1. The Morgan fingerprint density at radius 2 is 1.77 bits per heavy atom. The molecular formula is C38H48BrN5O3Si. The first-order valence-electron chi connectivity index (χ1n) is 17.2. The number of rotatable bonds is 15. The van der Waals surface area contributed by atoms with Gasteiger partial charge in [0.15, 0.2) is 5.69 Å². The summed E-state index contributed by atoms with van der Waals surface area (Å²) in [7, 11) is 0.330. The first kappa shape index (κ1) is 36.0. The number of aliphatic hydroxyl groups excluding tert-OH is 2. The van der Waals surface area contributed by atoms with E-state index in [9.17, 15) is 15.0 Å². The molecule has 3 aromatic carbocycles. The first-order chi connectivity index (χ1) is 23.3. The molecule has 8 nitrogen and oxygen atoms in total. The van der Waals surface area contributed by atoms with Gasteiger partial charge in [-0.25, -0.2) is 4.68 Å². The van der Waals surface area contributed by atoms with Crippen LogP contribution in [0.2, 0.25) is 0 Å². The number of amides is 1. The average Bonchev–Trinajstić information content (AvgIpc) is 3.50. The number of hydrogen-bond acceptors (Lipinski definition) is 6. The molecule has 4 aromatic rings. The highest BCUT2D eigenvalue weighted by atomic mass is 79.9. The van der Waals surface area contributed by atoms with Gasteiger partial charge in [0.05, 0.1) is 12.3 Å². The predicted octanol–water partition coefficient (Wildman–Crippen LogP) is 6.31. The van der Waals surface area contributed by atoms with Gasteiger partial charge in [-0.3, -0.25) is 9.69 Å². The van der Waals surface area contributed by atoms with Gasteiger partial charge in [0.2, 0.25) is 9.68 Å². The Morgan fingerprint density at radius 3 is 2.46 bits per heavy atom. The van der Waals surface area contributed by atoms with Crippen LogP contribution in [0.3, 0.4) is 0 Å². The van der Waals surface area contributed by atoms with Crippen LogP contribution < -0.4 is 10.2 Å². The summed E-state index contributed by atoms with van der Waals surface area (Å²) < 4.78 is 2.85.